The highest BCUT2D eigenvalue weighted by Gasteiger charge is 2.13. The molecule has 2 aromatic rings. The first kappa shape index (κ1) is 16.4. The molecule has 0 aliphatic carbocycles. The van der Waals surface area contributed by atoms with E-state index in [4.69, 9.17) is 11.6 Å². The predicted octanol–water partition coefficient (Wildman–Crippen LogP) is 3.49. The van der Waals surface area contributed by atoms with Gasteiger partial charge in [0.15, 0.2) is 5.75 Å². The minimum Gasteiger partial charge on any atom is -0.502 e. The van der Waals surface area contributed by atoms with Crippen LogP contribution < -0.4 is 0 Å². The number of hydrogen-bond donors (Lipinski definition) is 1. The van der Waals surface area contributed by atoms with Gasteiger partial charge in [-0.3, -0.25) is 15.1 Å². The van der Waals surface area contributed by atoms with Gasteiger partial charge in [0, 0.05) is 12.3 Å². The third-order valence-corrected chi connectivity index (χ3v) is 3.24. The molecule has 0 radical (unpaired) electrons. The van der Waals surface area contributed by atoms with Crippen LogP contribution in [0.5, 0.6) is 5.75 Å². The summed E-state index contributed by atoms with van der Waals surface area (Å²) in [4.78, 5) is 25.8. The number of carbonyl (C=O) groups excluding carboxylic acids is 1. The fourth-order valence-corrected chi connectivity index (χ4v) is 1.97. The fraction of sp³-hybridized carbons (Fsp3) is 0.0667. The van der Waals surface area contributed by atoms with E-state index in [0.717, 1.165) is 0 Å². The number of halogens is 1. The normalized spacial score (nSPS) is 10.7. The van der Waals surface area contributed by atoms with Crippen LogP contribution in [0.1, 0.15) is 15.9 Å². The van der Waals surface area contributed by atoms with Crippen molar-refractivity contribution in [3.05, 3.63) is 62.7 Å². The van der Waals surface area contributed by atoms with Crippen LogP contribution in [0.3, 0.4) is 0 Å². The summed E-state index contributed by atoms with van der Waals surface area (Å²) >= 11 is 5.90. The number of benzene rings is 2. The second kappa shape index (κ2) is 6.89. The molecule has 0 amide bonds. The quantitative estimate of drug-likeness (QED) is 0.399. The molecule has 0 atom stereocenters. The van der Waals surface area contributed by atoms with Gasteiger partial charge >= 0.3 is 11.7 Å². The number of carbonyl (C=O) groups is 1. The van der Waals surface area contributed by atoms with E-state index in [1.807, 2.05) is 0 Å². The second-order valence-electron chi connectivity index (χ2n) is 4.42. The first-order valence-electron chi connectivity index (χ1n) is 6.31. The molecule has 0 fully saturated rings. The minimum atomic E-state index is -0.690. The summed E-state index contributed by atoms with van der Waals surface area (Å²) in [5.41, 5.74) is 0.593. The van der Waals surface area contributed by atoms with E-state index in [9.17, 15) is 20.0 Å². The van der Waals surface area contributed by atoms with Crippen LogP contribution in [-0.4, -0.2) is 29.3 Å². The van der Waals surface area contributed by atoms with E-state index >= 15 is 0 Å². The summed E-state index contributed by atoms with van der Waals surface area (Å²) in [6.45, 7) is 0. The van der Waals surface area contributed by atoms with E-state index < -0.39 is 22.3 Å². The molecule has 8 heteroatoms. The number of esters is 1. The molecule has 7 nitrogen and oxygen atoms in total. The highest BCUT2D eigenvalue weighted by molar-refractivity contribution is 6.33. The molecule has 0 bridgehead atoms. The molecule has 0 unspecified atom stereocenters. The zero-order valence-corrected chi connectivity index (χ0v) is 12.6. The van der Waals surface area contributed by atoms with Crippen LogP contribution in [0.15, 0.2) is 41.4 Å². The SMILES string of the molecule is COC(=O)c1cc(N=Cc2ccc(O)c([N+](=O)[O-])c2)ccc1Cl. The van der Waals surface area contributed by atoms with Crippen molar-refractivity contribution in [2.75, 3.05) is 7.11 Å². The van der Waals surface area contributed by atoms with E-state index in [0.29, 0.717) is 11.3 Å². The summed E-state index contributed by atoms with van der Waals surface area (Å²) in [6.07, 6.45) is 1.37. The van der Waals surface area contributed by atoms with E-state index in [-0.39, 0.29) is 10.6 Å². The zero-order chi connectivity index (χ0) is 17.0. The Kier molecular flexibility index (Phi) is 4.92. The first-order chi connectivity index (χ1) is 10.9. The van der Waals surface area contributed by atoms with Crippen LogP contribution in [0.4, 0.5) is 11.4 Å². The van der Waals surface area contributed by atoms with Gasteiger partial charge in [0.25, 0.3) is 0 Å². The monoisotopic (exact) mass is 334 g/mol. The van der Waals surface area contributed by atoms with Crippen LogP contribution in [0.25, 0.3) is 0 Å². The third-order valence-electron chi connectivity index (χ3n) is 2.91. The molecular formula is C15H11ClN2O5. The van der Waals surface area contributed by atoms with Crippen molar-refractivity contribution in [2.45, 2.75) is 0 Å². The largest absolute Gasteiger partial charge is 0.502 e. The Labute approximate surface area is 136 Å². The van der Waals surface area contributed by atoms with Gasteiger partial charge in [0.1, 0.15) is 0 Å². The maximum absolute atomic E-state index is 11.6. The van der Waals surface area contributed by atoms with E-state index in [1.54, 1.807) is 6.07 Å². The number of phenols is 1. The van der Waals surface area contributed by atoms with Crippen molar-refractivity contribution >= 4 is 35.2 Å². The van der Waals surface area contributed by atoms with Gasteiger partial charge in [-0.15, -0.1) is 0 Å². The molecule has 0 spiro atoms. The Morgan fingerprint density at radius 3 is 2.74 bits per heavy atom. The number of rotatable bonds is 4. The summed E-state index contributed by atoms with van der Waals surface area (Å²) < 4.78 is 4.61. The van der Waals surface area contributed by atoms with Crippen LogP contribution in [-0.2, 0) is 4.74 Å². The molecule has 0 aliphatic rings. The first-order valence-corrected chi connectivity index (χ1v) is 6.69. The van der Waals surface area contributed by atoms with Gasteiger partial charge in [0.2, 0.25) is 0 Å². The van der Waals surface area contributed by atoms with E-state index in [1.165, 1.54) is 43.7 Å². The lowest BCUT2D eigenvalue weighted by atomic mass is 10.2. The summed E-state index contributed by atoms with van der Waals surface area (Å²) in [5.74, 6) is -1.01. The van der Waals surface area contributed by atoms with Crippen molar-refractivity contribution in [3.8, 4) is 5.75 Å². The average Bonchev–Trinajstić information content (AvgIpc) is 2.54. The Morgan fingerprint density at radius 1 is 1.35 bits per heavy atom. The summed E-state index contributed by atoms with van der Waals surface area (Å²) in [7, 11) is 1.24. The molecule has 2 aromatic carbocycles. The Morgan fingerprint density at radius 2 is 2.09 bits per heavy atom. The van der Waals surface area contributed by atoms with Gasteiger partial charge in [-0.1, -0.05) is 11.6 Å². The molecule has 0 aromatic heterocycles. The van der Waals surface area contributed by atoms with Gasteiger partial charge in [-0.05, 0) is 35.9 Å². The Bertz CT molecular complexity index is 804. The molecule has 118 valence electrons. The van der Waals surface area contributed by atoms with Crippen LogP contribution >= 0.6 is 11.6 Å². The second-order valence-corrected chi connectivity index (χ2v) is 4.83. The molecule has 0 saturated heterocycles. The van der Waals surface area contributed by atoms with Gasteiger partial charge in [0.05, 0.1) is 28.3 Å². The van der Waals surface area contributed by atoms with Crippen molar-refractivity contribution in [1.29, 1.82) is 0 Å². The molecule has 0 heterocycles. The maximum Gasteiger partial charge on any atom is 0.339 e. The van der Waals surface area contributed by atoms with Crippen LogP contribution in [0, 0.1) is 10.1 Å². The molecule has 0 aliphatic heterocycles. The predicted molar refractivity (Wildman–Crippen MR) is 84.8 cm³/mol. The number of ether oxygens (including phenoxy) is 1. The van der Waals surface area contributed by atoms with E-state index in [2.05, 4.69) is 9.73 Å². The highest BCUT2D eigenvalue weighted by Crippen LogP contribution is 2.26. The molecule has 0 saturated carbocycles. The lowest BCUT2D eigenvalue weighted by Gasteiger charge is -2.03. The Balaban J connectivity index is 2.32. The van der Waals surface area contributed by atoms with Crippen molar-refractivity contribution in [2.24, 2.45) is 4.99 Å². The summed E-state index contributed by atoms with van der Waals surface area (Å²) in [6, 6.07) is 8.40. The lowest BCUT2D eigenvalue weighted by Crippen LogP contribution is -2.01. The summed E-state index contributed by atoms with van der Waals surface area (Å²) in [5, 5.41) is 20.4. The highest BCUT2D eigenvalue weighted by atomic mass is 35.5. The molecule has 1 N–H and O–H groups in total. The topological polar surface area (TPSA) is 102 Å². The number of phenolic OH excluding ortho intramolecular Hbond substituents is 1. The molecule has 23 heavy (non-hydrogen) atoms. The molecular weight excluding hydrogens is 324 g/mol. The number of aliphatic imine (C=N–C) groups is 1. The van der Waals surface area contributed by atoms with Crippen LogP contribution in [0.2, 0.25) is 5.02 Å². The lowest BCUT2D eigenvalue weighted by molar-refractivity contribution is -0.385. The third kappa shape index (κ3) is 3.83. The number of aromatic hydroxyl groups is 1. The van der Waals surface area contributed by atoms with Crippen molar-refractivity contribution in [3.63, 3.8) is 0 Å². The van der Waals surface area contributed by atoms with Gasteiger partial charge in [-0.25, -0.2) is 4.79 Å². The van der Waals surface area contributed by atoms with Gasteiger partial charge < -0.3 is 9.84 Å². The number of nitro benzene ring substituents is 1. The number of nitrogens with zero attached hydrogens (tertiary/aromatic N) is 2. The van der Waals surface area contributed by atoms with Crippen molar-refractivity contribution in [1.82, 2.24) is 0 Å². The molecule has 2 rings (SSSR count). The fourth-order valence-electron chi connectivity index (χ4n) is 1.78. The van der Waals surface area contributed by atoms with Crippen molar-refractivity contribution < 1.29 is 19.6 Å². The Hall–Kier alpha value is -2.93. The number of nitro groups is 1. The number of methoxy groups -OCH3 is 1. The van der Waals surface area contributed by atoms with Gasteiger partial charge in [-0.2, -0.15) is 0 Å². The number of hydrogen-bond acceptors (Lipinski definition) is 6. The maximum atomic E-state index is 11.6. The smallest absolute Gasteiger partial charge is 0.339 e. The minimum absolute atomic E-state index is 0.167. The average molecular weight is 335 g/mol. The standard InChI is InChI=1S/C15H11ClN2O5/c1-23-15(20)11-7-10(3-4-12(11)16)17-8-9-2-5-14(19)13(6-9)18(21)22/h2-8,19H,1H3. The zero-order valence-electron chi connectivity index (χ0n) is 11.9.